The molecule has 1 saturated heterocycles. The minimum atomic E-state index is -2.84. The molecule has 1 fully saturated rings. The van der Waals surface area contributed by atoms with Gasteiger partial charge in [-0.2, -0.15) is 8.78 Å². The van der Waals surface area contributed by atoms with Crippen molar-refractivity contribution in [3.05, 3.63) is 64.7 Å². The molecule has 0 unspecified atom stereocenters. The van der Waals surface area contributed by atoms with Crippen LogP contribution in [0.3, 0.4) is 0 Å². The number of halogens is 3. The van der Waals surface area contributed by atoms with Gasteiger partial charge in [0.1, 0.15) is 5.75 Å². The Kier molecular flexibility index (Phi) is 9.26. The molecular formula is C24H29ClF2N2O3. The van der Waals surface area contributed by atoms with Crippen LogP contribution in [0, 0.1) is 0 Å². The first-order chi connectivity index (χ1) is 15.5. The second kappa shape index (κ2) is 12.1. The van der Waals surface area contributed by atoms with E-state index in [0.717, 1.165) is 37.1 Å². The van der Waals surface area contributed by atoms with Crippen LogP contribution in [0.2, 0.25) is 5.02 Å². The number of alkyl halides is 2. The highest BCUT2D eigenvalue weighted by Crippen LogP contribution is 2.25. The zero-order valence-corrected chi connectivity index (χ0v) is 18.9. The molecule has 0 aliphatic carbocycles. The second-order valence-electron chi connectivity index (χ2n) is 7.88. The van der Waals surface area contributed by atoms with Crippen molar-refractivity contribution in [3.63, 3.8) is 0 Å². The van der Waals surface area contributed by atoms with Gasteiger partial charge in [0, 0.05) is 49.9 Å². The van der Waals surface area contributed by atoms with E-state index in [-0.39, 0.29) is 17.7 Å². The van der Waals surface area contributed by atoms with Crippen molar-refractivity contribution in [2.75, 3.05) is 33.4 Å². The monoisotopic (exact) mass is 466 g/mol. The molecule has 5 nitrogen and oxygen atoms in total. The third kappa shape index (κ3) is 7.15. The van der Waals surface area contributed by atoms with Gasteiger partial charge < -0.3 is 14.4 Å². The van der Waals surface area contributed by atoms with Crippen LogP contribution in [0.25, 0.3) is 0 Å². The first-order valence-electron chi connectivity index (χ1n) is 10.7. The number of hydrogen-bond acceptors (Lipinski definition) is 4. The fourth-order valence-electron chi connectivity index (χ4n) is 4.05. The molecule has 1 heterocycles. The molecular weight excluding hydrogens is 438 g/mol. The van der Waals surface area contributed by atoms with Crippen molar-refractivity contribution in [3.8, 4) is 5.75 Å². The molecule has 2 aromatic carbocycles. The van der Waals surface area contributed by atoms with E-state index in [0.29, 0.717) is 31.1 Å². The number of likely N-dealkylation sites (tertiary alicyclic amines) is 1. The van der Waals surface area contributed by atoms with E-state index in [2.05, 4.69) is 9.64 Å². The van der Waals surface area contributed by atoms with E-state index in [1.54, 1.807) is 31.4 Å². The Morgan fingerprint density at radius 1 is 1.16 bits per heavy atom. The Morgan fingerprint density at radius 2 is 1.84 bits per heavy atom. The maximum Gasteiger partial charge on any atom is 0.387 e. The van der Waals surface area contributed by atoms with Gasteiger partial charge in [0.2, 0.25) is 5.91 Å². The Balaban J connectivity index is 1.59. The van der Waals surface area contributed by atoms with Crippen molar-refractivity contribution in [2.24, 2.45) is 0 Å². The van der Waals surface area contributed by atoms with Gasteiger partial charge in [0.15, 0.2) is 0 Å². The zero-order chi connectivity index (χ0) is 22.9. The predicted molar refractivity (Wildman–Crippen MR) is 120 cm³/mol. The van der Waals surface area contributed by atoms with Crippen LogP contribution < -0.4 is 4.74 Å². The molecule has 2 aromatic rings. The average molecular weight is 467 g/mol. The van der Waals surface area contributed by atoms with Crippen molar-refractivity contribution >= 4 is 17.5 Å². The minimum absolute atomic E-state index is 0.0681. The van der Waals surface area contributed by atoms with Crippen LogP contribution in [-0.2, 0) is 22.5 Å². The summed E-state index contributed by atoms with van der Waals surface area (Å²) in [6, 6.07) is 14.3. The number of para-hydroxylation sites is 1. The summed E-state index contributed by atoms with van der Waals surface area (Å²) in [4.78, 5) is 17.2. The summed E-state index contributed by atoms with van der Waals surface area (Å²) < 4.78 is 35.2. The summed E-state index contributed by atoms with van der Waals surface area (Å²) in [7, 11) is 1.63. The number of piperidine rings is 1. The molecule has 1 amide bonds. The van der Waals surface area contributed by atoms with E-state index < -0.39 is 6.61 Å². The quantitative estimate of drug-likeness (QED) is 0.512. The molecule has 0 N–H and O–H groups in total. The van der Waals surface area contributed by atoms with Crippen LogP contribution in [0.4, 0.5) is 8.78 Å². The maximum atomic E-state index is 13.1. The highest BCUT2D eigenvalue weighted by atomic mass is 35.5. The van der Waals surface area contributed by atoms with Crippen LogP contribution >= 0.6 is 11.6 Å². The first kappa shape index (κ1) is 24.4. The number of amides is 1. The van der Waals surface area contributed by atoms with Crippen molar-refractivity contribution < 1.29 is 23.0 Å². The van der Waals surface area contributed by atoms with Crippen LogP contribution in [0.1, 0.15) is 24.0 Å². The topological polar surface area (TPSA) is 42.0 Å². The summed E-state index contributed by atoms with van der Waals surface area (Å²) >= 11 is 5.95. The Hall–Kier alpha value is -2.22. The average Bonchev–Trinajstić information content (AvgIpc) is 2.78. The fourth-order valence-corrected chi connectivity index (χ4v) is 4.18. The molecule has 0 bridgehead atoms. The van der Waals surface area contributed by atoms with Crippen LogP contribution in [0.15, 0.2) is 48.5 Å². The molecule has 8 heteroatoms. The van der Waals surface area contributed by atoms with Gasteiger partial charge in [-0.05, 0) is 36.6 Å². The normalized spacial score (nSPS) is 15.2. The number of rotatable bonds is 10. The van der Waals surface area contributed by atoms with Gasteiger partial charge in [0.25, 0.3) is 0 Å². The van der Waals surface area contributed by atoms with Gasteiger partial charge in [-0.3, -0.25) is 9.69 Å². The van der Waals surface area contributed by atoms with Gasteiger partial charge in [-0.15, -0.1) is 0 Å². The van der Waals surface area contributed by atoms with Crippen molar-refractivity contribution in [1.82, 2.24) is 9.80 Å². The highest BCUT2D eigenvalue weighted by molar-refractivity contribution is 6.30. The summed E-state index contributed by atoms with van der Waals surface area (Å²) in [6.45, 7) is 0.245. The largest absolute Gasteiger partial charge is 0.434 e. The SMILES string of the molecule is COCCN(C(=O)Cc1ccc(Cl)cc1)C1CCN(Cc2ccccc2OC(F)F)CC1. The van der Waals surface area contributed by atoms with E-state index in [4.69, 9.17) is 16.3 Å². The Morgan fingerprint density at radius 3 is 2.50 bits per heavy atom. The van der Waals surface area contributed by atoms with E-state index in [9.17, 15) is 13.6 Å². The molecule has 174 valence electrons. The predicted octanol–water partition coefficient (Wildman–Crippen LogP) is 4.62. The summed E-state index contributed by atoms with van der Waals surface area (Å²) in [6.07, 6.45) is 1.95. The number of methoxy groups -OCH3 is 1. The van der Waals surface area contributed by atoms with Gasteiger partial charge in [-0.1, -0.05) is 41.9 Å². The Labute approximate surface area is 192 Å². The Bertz CT molecular complexity index is 859. The number of benzene rings is 2. The summed E-state index contributed by atoms with van der Waals surface area (Å²) in [5.41, 5.74) is 1.66. The molecule has 1 aliphatic heterocycles. The van der Waals surface area contributed by atoms with E-state index >= 15 is 0 Å². The number of hydrogen-bond donors (Lipinski definition) is 0. The summed E-state index contributed by atoms with van der Waals surface area (Å²) in [5, 5.41) is 0.644. The number of carbonyl (C=O) groups excluding carboxylic acids is 1. The second-order valence-corrected chi connectivity index (χ2v) is 8.31. The number of nitrogens with zero attached hydrogens (tertiary/aromatic N) is 2. The zero-order valence-electron chi connectivity index (χ0n) is 18.2. The molecule has 0 saturated carbocycles. The van der Waals surface area contributed by atoms with Gasteiger partial charge in [0.05, 0.1) is 13.0 Å². The smallest absolute Gasteiger partial charge is 0.387 e. The van der Waals surface area contributed by atoms with Gasteiger partial charge >= 0.3 is 6.61 Å². The first-order valence-corrected chi connectivity index (χ1v) is 11.1. The maximum absolute atomic E-state index is 13.1. The molecule has 0 radical (unpaired) electrons. The number of carbonyl (C=O) groups is 1. The van der Waals surface area contributed by atoms with Crippen LogP contribution in [0.5, 0.6) is 5.75 Å². The van der Waals surface area contributed by atoms with E-state index in [1.807, 2.05) is 29.2 Å². The lowest BCUT2D eigenvalue weighted by Crippen LogP contribution is -2.48. The van der Waals surface area contributed by atoms with Crippen LogP contribution in [-0.4, -0.2) is 61.7 Å². The standard InChI is InChI=1S/C24H29ClF2N2O3/c1-31-15-14-29(23(30)16-18-6-8-20(25)9-7-18)21-10-12-28(13-11-21)17-19-4-2-3-5-22(19)32-24(26)27/h2-9,21,24H,10-17H2,1H3. The molecule has 0 spiro atoms. The number of ether oxygens (including phenoxy) is 2. The third-order valence-corrected chi connectivity index (χ3v) is 5.96. The molecule has 1 aliphatic rings. The molecule has 0 atom stereocenters. The lowest BCUT2D eigenvalue weighted by Gasteiger charge is -2.38. The molecule has 32 heavy (non-hydrogen) atoms. The minimum Gasteiger partial charge on any atom is -0.434 e. The summed E-state index contributed by atoms with van der Waals surface area (Å²) in [5.74, 6) is 0.281. The van der Waals surface area contributed by atoms with Crippen molar-refractivity contribution in [2.45, 2.75) is 38.5 Å². The van der Waals surface area contributed by atoms with E-state index in [1.165, 1.54) is 0 Å². The molecule has 3 rings (SSSR count). The fraction of sp³-hybridized carbons (Fsp3) is 0.458. The lowest BCUT2D eigenvalue weighted by atomic mass is 10.0. The van der Waals surface area contributed by atoms with Crippen molar-refractivity contribution in [1.29, 1.82) is 0 Å². The van der Waals surface area contributed by atoms with Gasteiger partial charge in [-0.25, -0.2) is 0 Å². The third-order valence-electron chi connectivity index (χ3n) is 5.71. The molecule has 0 aromatic heterocycles. The highest BCUT2D eigenvalue weighted by Gasteiger charge is 2.28. The lowest BCUT2D eigenvalue weighted by molar-refractivity contribution is -0.134.